The maximum absolute atomic E-state index is 12.9. The molecule has 1 aliphatic heterocycles. The van der Waals surface area contributed by atoms with Crippen LogP contribution in [-0.4, -0.2) is 34.3 Å². The highest BCUT2D eigenvalue weighted by Crippen LogP contribution is 2.19. The van der Waals surface area contributed by atoms with Crippen molar-refractivity contribution in [1.29, 1.82) is 0 Å². The Kier molecular flexibility index (Phi) is 5.98. The van der Waals surface area contributed by atoms with Gasteiger partial charge in [-0.1, -0.05) is 60.7 Å². The Morgan fingerprint density at radius 3 is 2.29 bits per heavy atom. The van der Waals surface area contributed by atoms with Gasteiger partial charge in [-0.15, -0.1) is 0 Å². The molecule has 0 bridgehead atoms. The minimum absolute atomic E-state index is 0.0141. The van der Waals surface area contributed by atoms with E-state index in [1.807, 2.05) is 36.4 Å². The largest absolute Gasteiger partial charge is 0.303 e. The summed E-state index contributed by atoms with van der Waals surface area (Å²) in [4.78, 5) is 15.4. The Bertz CT molecular complexity index is 929. The van der Waals surface area contributed by atoms with Crippen molar-refractivity contribution < 1.29 is 0 Å². The first kappa shape index (κ1) is 18.6. The molecule has 0 atom stereocenters. The highest BCUT2D eigenvalue weighted by molar-refractivity contribution is 5.61. The van der Waals surface area contributed by atoms with Gasteiger partial charge >= 0.3 is 0 Å². The van der Waals surface area contributed by atoms with Crippen molar-refractivity contribution in [3.63, 3.8) is 0 Å². The first-order valence-electron chi connectivity index (χ1n) is 10.2. The minimum atomic E-state index is 0.0141. The summed E-state index contributed by atoms with van der Waals surface area (Å²) in [6.45, 7) is 4.03. The van der Waals surface area contributed by atoms with E-state index in [1.54, 1.807) is 10.9 Å². The standard InChI is InChI=1S/C24H27N3O/c28-24-23(22-9-5-2-6-10-22)11-15-25-27(24)19-21-13-17-26(18-14-21)16-12-20-7-3-1-4-8-20/h1-11,15,21H,12-14,16-19H2. The van der Waals surface area contributed by atoms with E-state index in [9.17, 15) is 4.79 Å². The SMILES string of the molecule is O=c1c(-c2ccccc2)ccnn1CC1CCN(CCc2ccccc2)CC1. The van der Waals surface area contributed by atoms with Crippen molar-refractivity contribution in [3.8, 4) is 11.1 Å². The fraction of sp³-hybridized carbons (Fsp3) is 0.333. The molecule has 144 valence electrons. The summed E-state index contributed by atoms with van der Waals surface area (Å²) in [5, 5.41) is 4.34. The van der Waals surface area contributed by atoms with Crippen LogP contribution < -0.4 is 5.56 Å². The summed E-state index contributed by atoms with van der Waals surface area (Å²) in [5.41, 5.74) is 3.11. The third-order valence-corrected chi connectivity index (χ3v) is 5.69. The van der Waals surface area contributed by atoms with Crippen LogP contribution in [0.25, 0.3) is 11.1 Å². The Morgan fingerprint density at radius 1 is 0.893 bits per heavy atom. The second-order valence-electron chi connectivity index (χ2n) is 7.62. The molecule has 1 fully saturated rings. The molecule has 1 aliphatic rings. The topological polar surface area (TPSA) is 38.1 Å². The molecule has 4 rings (SSSR count). The number of rotatable bonds is 6. The van der Waals surface area contributed by atoms with Gasteiger partial charge in [0, 0.05) is 19.3 Å². The maximum Gasteiger partial charge on any atom is 0.274 e. The normalized spacial score (nSPS) is 15.6. The lowest BCUT2D eigenvalue weighted by molar-refractivity contribution is 0.171. The van der Waals surface area contributed by atoms with Crippen LogP contribution in [0.3, 0.4) is 0 Å². The van der Waals surface area contributed by atoms with Crippen LogP contribution in [0.1, 0.15) is 18.4 Å². The van der Waals surface area contributed by atoms with E-state index in [4.69, 9.17) is 0 Å². The summed E-state index contributed by atoms with van der Waals surface area (Å²) in [5.74, 6) is 0.518. The average Bonchev–Trinajstić information content (AvgIpc) is 2.76. The van der Waals surface area contributed by atoms with Crippen molar-refractivity contribution in [1.82, 2.24) is 14.7 Å². The molecule has 0 aliphatic carbocycles. The van der Waals surface area contributed by atoms with Crippen LogP contribution in [0.5, 0.6) is 0 Å². The lowest BCUT2D eigenvalue weighted by atomic mass is 9.96. The fourth-order valence-corrected chi connectivity index (χ4v) is 3.99. The van der Waals surface area contributed by atoms with Gasteiger partial charge in [-0.2, -0.15) is 5.10 Å². The second kappa shape index (κ2) is 8.98. The molecule has 0 unspecified atom stereocenters. The zero-order chi connectivity index (χ0) is 19.2. The van der Waals surface area contributed by atoms with Crippen molar-refractivity contribution in [2.45, 2.75) is 25.8 Å². The van der Waals surface area contributed by atoms with Gasteiger partial charge in [0.05, 0.1) is 5.56 Å². The van der Waals surface area contributed by atoms with E-state index in [0.717, 1.165) is 50.0 Å². The Morgan fingerprint density at radius 2 is 1.57 bits per heavy atom. The first-order chi connectivity index (χ1) is 13.8. The molecule has 0 saturated carbocycles. The minimum Gasteiger partial charge on any atom is -0.303 e. The number of likely N-dealkylation sites (tertiary alicyclic amines) is 1. The monoisotopic (exact) mass is 373 g/mol. The van der Waals surface area contributed by atoms with Crippen LogP contribution in [0, 0.1) is 5.92 Å². The molecule has 1 aromatic heterocycles. The third kappa shape index (κ3) is 4.57. The van der Waals surface area contributed by atoms with Gasteiger partial charge in [0.2, 0.25) is 0 Å². The van der Waals surface area contributed by atoms with Gasteiger partial charge in [-0.25, -0.2) is 4.68 Å². The molecular weight excluding hydrogens is 346 g/mol. The number of hydrogen-bond acceptors (Lipinski definition) is 3. The highest BCUT2D eigenvalue weighted by Gasteiger charge is 2.20. The van der Waals surface area contributed by atoms with Crippen molar-refractivity contribution in [2.75, 3.05) is 19.6 Å². The summed E-state index contributed by atoms with van der Waals surface area (Å²) < 4.78 is 1.66. The van der Waals surface area contributed by atoms with Crippen molar-refractivity contribution >= 4 is 0 Å². The van der Waals surface area contributed by atoms with Gasteiger partial charge in [0.1, 0.15) is 0 Å². The number of nitrogens with zero attached hydrogens (tertiary/aromatic N) is 3. The van der Waals surface area contributed by atoms with E-state index >= 15 is 0 Å². The van der Waals surface area contributed by atoms with Crippen molar-refractivity contribution in [2.24, 2.45) is 5.92 Å². The third-order valence-electron chi connectivity index (χ3n) is 5.69. The zero-order valence-electron chi connectivity index (χ0n) is 16.2. The molecule has 4 nitrogen and oxygen atoms in total. The van der Waals surface area contributed by atoms with Crippen LogP contribution in [-0.2, 0) is 13.0 Å². The Hall–Kier alpha value is -2.72. The Balaban J connectivity index is 1.33. The van der Waals surface area contributed by atoms with E-state index in [1.165, 1.54) is 5.56 Å². The van der Waals surface area contributed by atoms with Gasteiger partial charge in [-0.05, 0) is 55.5 Å². The number of benzene rings is 2. The van der Waals surface area contributed by atoms with E-state index < -0.39 is 0 Å². The zero-order valence-corrected chi connectivity index (χ0v) is 16.2. The number of hydrogen-bond donors (Lipinski definition) is 0. The molecule has 2 heterocycles. The van der Waals surface area contributed by atoms with Crippen LogP contribution in [0.4, 0.5) is 0 Å². The predicted octanol–water partition coefficient (Wildman–Crippen LogP) is 3.87. The molecular formula is C24H27N3O. The maximum atomic E-state index is 12.9. The van der Waals surface area contributed by atoms with Gasteiger partial charge in [0.25, 0.3) is 5.56 Å². The molecule has 0 N–H and O–H groups in total. The molecule has 0 spiro atoms. The lowest BCUT2D eigenvalue weighted by Gasteiger charge is -2.32. The number of piperidine rings is 1. The second-order valence-corrected chi connectivity index (χ2v) is 7.62. The summed E-state index contributed by atoms with van der Waals surface area (Å²) in [6, 6.07) is 22.3. The van der Waals surface area contributed by atoms with Gasteiger partial charge < -0.3 is 4.90 Å². The van der Waals surface area contributed by atoms with E-state index in [-0.39, 0.29) is 5.56 Å². The van der Waals surface area contributed by atoms with Crippen LogP contribution in [0.2, 0.25) is 0 Å². The average molecular weight is 374 g/mol. The Labute approximate surface area is 166 Å². The van der Waals surface area contributed by atoms with E-state index in [2.05, 4.69) is 40.3 Å². The number of aromatic nitrogens is 2. The van der Waals surface area contributed by atoms with Gasteiger partial charge in [0.15, 0.2) is 0 Å². The molecule has 2 aromatic carbocycles. The lowest BCUT2D eigenvalue weighted by Crippen LogP contribution is -2.38. The molecule has 3 aromatic rings. The molecule has 4 heteroatoms. The van der Waals surface area contributed by atoms with Crippen molar-refractivity contribution in [3.05, 3.63) is 88.8 Å². The van der Waals surface area contributed by atoms with Crippen LogP contribution >= 0.6 is 0 Å². The van der Waals surface area contributed by atoms with Gasteiger partial charge in [-0.3, -0.25) is 4.79 Å². The smallest absolute Gasteiger partial charge is 0.274 e. The van der Waals surface area contributed by atoms with E-state index in [0.29, 0.717) is 12.5 Å². The quantitative estimate of drug-likeness (QED) is 0.658. The molecule has 0 amide bonds. The summed E-state index contributed by atoms with van der Waals surface area (Å²) >= 11 is 0. The molecule has 28 heavy (non-hydrogen) atoms. The fourth-order valence-electron chi connectivity index (χ4n) is 3.99. The molecule has 0 radical (unpaired) electrons. The first-order valence-corrected chi connectivity index (χ1v) is 10.2. The molecule has 1 saturated heterocycles. The highest BCUT2D eigenvalue weighted by atomic mass is 16.1. The summed E-state index contributed by atoms with van der Waals surface area (Å²) in [6.07, 6.45) is 5.10. The summed E-state index contributed by atoms with van der Waals surface area (Å²) in [7, 11) is 0. The predicted molar refractivity (Wildman–Crippen MR) is 113 cm³/mol. The van der Waals surface area contributed by atoms with Crippen LogP contribution in [0.15, 0.2) is 77.7 Å².